The molecule has 1 fully saturated rings. The SMILES string of the molecule is CC[N+]1(C(C)C(=O)Nc2c(C)cccc2C(=O)OC)CCCCCCC1. The lowest BCUT2D eigenvalue weighted by molar-refractivity contribution is -0.940. The molecule has 144 valence electrons. The lowest BCUT2D eigenvalue weighted by atomic mass is 10.0. The molecular weight excluding hydrogens is 328 g/mol. The summed E-state index contributed by atoms with van der Waals surface area (Å²) >= 11 is 0. The Bertz CT molecular complexity index is 634. The number of quaternary nitrogens is 1. The summed E-state index contributed by atoms with van der Waals surface area (Å²) < 4.78 is 5.69. The van der Waals surface area contributed by atoms with Crippen molar-refractivity contribution in [3.63, 3.8) is 0 Å². The smallest absolute Gasteiger partial charge is 0.339 e. The number of para-hydroxylation sites is 1. The molecule has 5 nitrogen and oxygen atoms in total. The van der Waals surface area contributed by atoms with Gasteiger partial charge in [0.25, 0.3) is 5.91 Å². The number of rotatable bonds is 5. The van der Waals surface area contributed by atoms with Crippen molar-refractivity contribution in [2.45, 2.75) is 58.9 Å². The van der Waals surface area contributed by atoms with E-state index in [4.69, 9.17) is 4.74 Å². The van der Waals surface area contributed by atoms with E-state index in [0.29, 0.717) is 11.3 Å². The van der Waals surface area contributed by atoms with E-state index in [2.05, 4.69) is 12.2 Å². The maximum Gasteiger partial charge on any atom is 0.339 e. The monoisotopic (exact) mass is 361 g/mol. The van der Waals surface area contributed by atoms with Gasteiger partial charge in [-0.3, -0.25) is 4.79 Å². The Morgan fingerprint density at radius 2 is 1.77 bits per heavy atom. The van der Waals surface area contributed by atoms with Crippen LogP contribution >= 0.6 is 0 Å². The zero-order chi connectivity index (χ0) is 19.2. The second-order valence-electron chi connectivity index (χ2n) is 7.40. The maximum absolute atomic E-state index is 13.1. The Hall–Kier alpha value is -1.88. The van der Waals surface area contributed by atoms with E-state index < -0.39 is 5.97 Å². The van der Waals surface area contributed by atoms with Crippen LogP contribution in [0.15, 0.2) is 18.2 Å². The van der Waals surface area contributed by atoms with Crippen LogP contribution in [-0.2, 0) is 9.53 Å². The number of likely N-dealkylation sites (N-methyl/N-ethyl adjacent to an activating group) is 1. The van der Waals surface area contributed by atoms with Gasteiger partial charge in [0, 0.05) is 0 Å². The summed E-state index contributed by atoms with van der Waals surface area (Å²) in [6.07, 6.45) is 6.14. The van der Waals surface area contributed by atoms with Crippen LogP contribution < -0.4 is 5.32 Å². The molecule has 0 radical (unpaired) electrons. The molecule has 1 N–H and O–H groups in total. The fourth-order valence-corrected chi connectivity index (χ4v) is 4.06. The molecule has 1 heterocycles. The van der Waals surface area contributed by atoms with E-state index in [-0.39, 0.29) is 11.9 Å². The number of esters is 1. The van der Waals surface area contributed by atoms with Crippen molar-refractivity contribution >= 4 is 17.6 Å². The van der Waals surface area contributed by atoms with Crippen molar-refractivity contribution in [2.24, 2.45) is 0 Å². The first-order chi connectivity index (χ1) is 12.4. The third kappa shape index (κ3) is 4.44. The van der Waals surface area contributed by atoms with Gasteiger partial charge in [-0.25, -0.2) is 4.79 Å². The normalized spacial score (nSPS) is 18.3. The van der Waals surface area contributed by atoms with Crippen LogP contribution in [-0.4, -0.2) is 49.1 Å². The first-order valence-electron chi connectivity index (χ1n) is 9.79. The van der Waals surface area contributed by atoms with Crippen LogP contribution in [0, 0.1) is 6.92 Å². The lowest BCUT2D eigenvalue weighted by Crippen LogP contribution is -2.59. The number of nitrogens with zero attached hydrogens (tertiary/aromatic N) is 1. The highest BCUT2D eigenvalue weighted by atomic mass is 16.5. The second kappa shape index (κ2) is 9.17. The van der Waals surface area contributed by atoms with Gasteiger partial charge in [0.1, 0.15) is 0 Å². The van der Waals surface area contributed by atoms with Gasteiger partial charge in [-0.05, 0) is 58.1 Å². The number of methoxy groups -OCH3 is 1. The molecule has 2 rings (SSSR count). The molecule has 1 aliphatic rings. The summed E-state index contributed by atoms with van der Waals surface area (Å²) in [4.78, 5) is 25.2. The first-order valence-corrected chi connectivity index (χ1v) is 9.79. The number of benzene rings is 1. The topological polar surface area (TPSA) is 55.4 Å². The quantitative estimate of drug-likeness (QED) is 0.639. The molecule has 1 saturated heterocycles. The number of nitrogens with one attached hydrogen (secondary N) is 1. The van der Waals surface area contributed by atoms with E-state index >= 15 is 0 Å². The van der Waals surface area contributed by atoms with Crippen molar-refractivity contribution in [3.8, 4) is 0 Å². The van der Waals surface area contributed by atoms with Gasteiger partial charge in [-0.15, -0.1) is 0 Å². The molecule has 1 aromatic carbocycles. The number of carbonyl (C=O) groups is 2. The first kappa shape index (κ1) is 20.4. The van der Waals surface area contributed by atoms with Crippen LogP contribution in [0.3, 0.4) is 0 Å². The third-order valence-corrected chi connectivity index (χ3v) is 5.96. The molecule has 0 spiro atoms. The summed E-state index contributed by atoms with van der Waals surface area (Å²) in [5, 5.41) is 3.03. The zero-order valence-corrected chi connectivity index (χ0v) is 16.6. The standard InChI is InChI=1S/C21H32N2O3/c1-5-23(14-9-7-6-8-10-15-23)17(3)20(24)22-19-16(2)12-11-13-18(19)21(25)26-4/h11-13,17H,5-10,14-15H2,1-4H3/p+1. The van der Waals surface area contributed by atoms with E-state index in [9.17, 15) is 9.59 Å². The number of amides is 1. The molecule has 0 saturated carbocycles. The van der Waals surface area contributed by atoms with Crippen molar-refractivity contribution in [1.82, 2.24) is 0 Å². The van der Waals surface area contributed by atoms with E-state index in [1.807, 2.05) is 19.9 Å². The summed E-state index contributed by atoms with van der Waals surface area (Å²) in [6, 6.07) is 5.24. The van der Waals surface area contributed by atoms with Crippen LogP contribution in [0.2, 0.25) is 0 Å². The van der Waals surface area contributed by atoms with Gasteiger partial charge in [-0.1, -0.05) is 18.6 Å². The number of hydrogen-bond acceptors (Lipinski definition) is 3. The molecule has 0 aromatic heterocycles. The van der Waals surface area contributed by atoms with Crippen molar-refractivity contribution in [1.29, 1.82) is 0 Å². The van der Waals surface area contributed by atoms with Crippen LogP contribution in [0.25, 0.3) is 0 Å². The highest BCUT2D eigenvalue weighted by molar-refractivity contribution is 6.03. The Kier molecular flexibility index (Phi) is 7.21. The molecule has 0 aliphatic carbocycles. The van der Waals surface area contributed by atoms with E-state index in [0.717, 1.165) is 29.7 Å². The largest absolute Gasteiger partial charge is 0.465 e. The van der Waals surface area contributed by atoms with Gasteiger partial charge in [0.2, 0.25) is 0 Å². The number of ether oxygens (including phenoxy) is 1. The highest BCUT2D eigenvalue weighted by Gasteiger charge is 2.37. The highest BCUT2D eigenvalue weighted by Crippen LogP contribution is 2.25. The predicted molar refractivity (Wildman–Crippen MR) is 104 cm³/mol. The summed E-state index contributed by atoms with van der Waals surface area (Å²) in [5.41, 5.74) is 1.84. The maximum atomic E-state index is 13.1. The molecule has 1 aromatic rings. The van der Waals surface area contributed by atoms with Crippen molar-refractivity contribution in [3.05, 3.63) is 29.3 Å². The molecule has 5 heteroatoms. The van der Waals surface area contributed by atoms with Gasteiger partial charge < -0.3 is 14.5 Å². The minimum absolute atomic E-state index is 0.0214. The van der Waals surface area contributed by atoms with E-state index in [1.54, 1.807) is 12.1 Å². The lowest BCUT2D eigenvalue weighted by Gasteiger charge is -2.43. The Labute approximate surface area is 157 Å². The molecule has 1 aliphatic heterocycles. The Morgan fingerprint density at radius 3 is 2.35 bits per heavy atom. The van der Waals surface area contributed by atoms with Crippen LogP contribution in [0.5, 0.6) is 0 Å². The Morgan fingerprint density at radius 1 is 1.15 bits per heavy atom. The Balaban J connectivity index is 2.24. The van der Waals surface area contributed by atoms with E-state index in [1.165, 1.54) is 39.2 Å². The van der Waals surface area contributed by atoms with Gasteiger partial charge in [-0.2, -0.15) is 0 Å². The summed E-state index contributed by atoms with van der Waals surface area (Å²) in [7, 11) is 1.36. The minimum Gasteiger partial charge on any atom is -0.465 e. The molecule has 26 heavy (non-hydrogen) atoms. The average molecular weight is 362 g/mol. The summed E-state index contributed by atoms with van der Waals surface area (Å²) in [5.74, 6) is -0.450. The molecular formula is C21H33N2O3+. The number of carbonyl (C=O) groups excluding carboxylic acids is 2. The predicted octanol–water partition coefficient (Wildman–Crippen LogP) is 3.91. The fourth-order valence-electron chi connectivity index (χ4n) is 4.06. The molecule has 1 unspecified atom stereocenters. The molecule has 1 amide bonds. The average Bonchev–Trinajstić information content (AvgIpc) is 2.62. The fraction of sp³-hybridized carbons (Fsp3) is 0.619. The number of aryl methyl sites for hydroxylation is 1. The van der Waals surface area contributed by atoms with Gasteiger partial charge in [0.15, 0.2) is 6.04 Å². The number of likely N-dealkylation sites (tertiary alicyclic amines) is 1. The van der Waals surface area contributed by atoms with Gasteiger partial charge in [0.05, 0.1) is 38.0 Å². The van der Waals surface area contributed by atoms with Crippen LogP contribution in [0.4, 0.5) is 5.69 Å². The number of hydrogen-bond donors (Lipinski definition) is 1. The minimum atomic E-state index is -0.428. The van der Waals surface area contributed by atoms with Crippen molar-refractivity contribution < 1.29 is 18.8 Å². The second-order valence-corrected chi connectivity index (χ2v) is 7.40. The molecule has 1 atom stereocenters. The van der Waals surface area contributed by atoms with Gasteiger partial charge >= 0.3 is 5.97 Å². The number of anilines is 1. The zero-order valence-electron chi connectivity index (χ0n) is 16.6. The van der Waals surface area contributed by atoms with Crippen LogP contribution in [0.1, 0.15) is 61.9 Å². The molecule has 0 bridgehead atoms. The summed E-state index contributed by atoms with van der Waals surface area (Å²) in [6.45, 7) is 9.14. The third-order valence-electron chi connectivity index (χ3n) is 5.96. The van der Waals surface area contributed by atoms with Crippen molar-refractivity contribution in [2.75, 3.05) is 32.1 Å².